The lowest BCUT2D eigenvalue weighted by atomic mass is 10.3. The number of nitrogen functional groups attached to an aromatic ring is 1. The molecule has 1 amide bonds. The Morgan fingerprint density at radius 1 is 1.39 bits per heavy atom. The number of carbonyl (C=O) groups is 1. The minimum absolute atomic E-state index is 0.0168. The molecule has 6 heteroatoms. The van der Waals surface area contributed by atoms with E-state index in [0.717, 1.165) is 12.8 Å². The number of nitrogens with one attached hydrogen (secondary N) is 1. The molecule has 0 atom stereocenters. The number of anilines is 2. The third-order valence-electron chi connectivity index (χ3n) is 2.20. The van der Waals surface area contributed by atoms with Gasteiger partial charge in [0.1, 0.15) is 6.61 Å². The zero-order valence-corrected chi connectivity index (χ0v) is 11.6. The van der Waals surface area contributed by atoms with Gasteiger partial charge in [0.25, 0.3) is 0 Å². The van der Waals surface area contributed by atoms with Crippen molar-refractivity contribution in [1.82, 2.24) is 0 Å². The van der Waals surface area contributed by atoms with Crippen LogP contribution in [-0.4, -0.2) is 19.1 Å². The lowest BCUT2D eigenvalue weighted by Crippen LogP contribution is -2.19. The van der Waals surface area contributed by atoms with Crippen molar-refractivity contribution in [3.8, 4) is 0 Å². The summed E-state index contributed by atoms with van der Waals surface area (Å²) in [5.74, 6) is -0.292. The molecule has 0 saturated carbocycles. The van der Waals surface area contributed by atoms with Gasteiger partial charge in [-0.3, -0.25) is 4.79 Å². The highest BCUT2D eigenvalue weighted by atomic mass is 35.5. The van der Waals surface area contributed by atoms with Crippen molar-refractivity contribution in [2.75, 3.05) is 24.3 Å². The highest BCUT2D eigenvalue weighted by molar-refractivity contribution is 6.40. The van der Waals surface area contributed by atoms with Gasteiger partial charge in [-0.25, -0.2) is 0 Å². The Morgan fingerprint density at radius 3 is 2.56 bits per heavy atom. The molecule has 0 spiro atoms. The summed E-state index contributed by atoms with van der Waals surface area (Å²) in [5, 5.41) is 3.21. The predicted molar refractivity (Wildman–Crippen MR) is 75.2 cm³/mol. The molecule has 1 rings (SSSR count). The van der Waals surface area contributed by atoms with E-state index in [0.29, 0.717) is 28.0 Å². The molecule has 0 aliphatic rings. The predicted octanol–water partition coefficient (Wildman–Crippen LogP) is 3.33. The number of nitrogens with two attached hydrogens (primary N) is 1. The summed E-state index contributed by atoms with van der Waals surface area (Å²) in [6, 6.07) is 3.06. The maximum absolute atomic E-state index is 11.6. The summed E-state index contributed by atoms with van der Waals surface area (Å²) < 4.78 is 5.19. The minimum atomic E-state index is -0.292. The zero-order valence-electron chi connectivity index (χ0n) is 10.1. The molecule has 0 unspecified atom stereocenters. The van der Waals surface area contributed by atoms with E-state index in [1.807, 2.05) is 0 Å². The first kappa shape index (κ1) is 15.1. The SMILES string of the molecule is CCCCOCC(=O)Nc1c(Cl)cc(N)cc1Cl. The molecule has 18 heavy (non-hydrogen) atoms. The first-order valence-electron chi connectivity index (χ1n) is 5.66. The second kappa shape index (κ2) is 7.46. The summed E-state index contributed by atoms with van der Waals surface area (Å²) in [7, 11) is 0. The van der Waals surface area contributed by atoms with Crippen LogP contribution in [0, 0.1) is 0 Å². The Balaban J connectivity index is 2.54. The summed E-state index contributed by atoms with van der Waals surface area (Å²) in [4.78, 5) is 11.6. The molecule has 0 heterocycles. The number of hydrogen-bond acceptors (Lipinski definition) is 3. The summed E-state index contributed by atoms with van der Waals surface area (Å²) >= 11 is 11.9. The van der Waals surface area contributed by atoms with E-state index in [-0.39, 0.29) is 12.5 Å². The van der Waals surface area contributed by atoms with E-state index < -0.39 is 0 Å². The van der Waals surface area contributed by atoms with Crippen LogP contribution in [0.4, 0.5) is 11.4 Å². The molecule has 0 aromatic heterocycles. The van der Waals surface area contributed by atoms with Crippen molar-refractivity contribution in [2.24, 2.45) is 0 Å². The van der Waals surface area contributed by atoms with Crippen molar-refractivity contribution in [3.05, 3.63) is 22.2 Å². The fourth-order valence-electron chi connectivity index (χ4n) is 1.30. The van der Waals surface area contributed by atoms with Gasteiger partial charge in [-0.2, -0.15) is 0 Å². The molecule has 100 valence electrons. The van der Waals surface area contributed by atoms with Gasteiger partial charge in [0.05, 0.1) is 15.7 Å². The van der Waals surface area contributed by atoms with Gasteiger partial charge in [0.2, 0.25) is 5.91 Å². The largest absolute Gasteiger partial charge is 0.399 e. The lowest BCUT2D eigenvalue weighted by Gasteiger charge is -2.10. The number of hydrogen-bond donors (Lipinski definition) is 2. The summed E-state index contributed by atoms with van der Waals surface area (Å²) in [6.45, 7) is 2.60. The van der Waals surface area contributed by atoms with Crippen LogP contribution in [0.5, 0.6) is 0 Å². The zero-order chi connectivity index (χ0) is 13.5. The van der Waals surface area contributed by atoms with Gasteiger partial charge in [-0.1, -0.05) is 36.5 Å². The van der Waals surface area contributed by atoms with E-state index in [2.05, 4.69) is 12.2 Å². The van der Waals surface area contributed by atoms with Crippen molar-refractivity contribution < 1.29 is 9.53 Å². The quantitative estimate of drug-likeness (QED) is 0.624. The molecule has 4 nitrogen and oxygen atoms in total. The van der Waals surface area contributed by atoms with E-state index in [9.17, 15) is 4.79 Å². The first-order chi connectivity index (χ1) is 8.54. The number of ether oxygens (including phenoxy) is 1. The van der Waals surface area contributed by atoms with Crippen LogP contribution in [0.2, 0.25) is 10.0 Å². The third kappa shape index (κ3) is 4.72. The topological polar surface area (TPSA) is 64.3 Å². The van der Waals surface area contributed by atoms with Crippen LogP contribution in [0.15, 0.2) is 12.1 Å². The Kier molecular flexibility index (Phi) is 6.25. The van der Waals surface area contributed by atoms with Crippen LogP contribution in [0.25, 0.3) is 0 Å². The molecule has 0 saturated heterocycles. The summed E-state index contributed by atoms with van der Waals surface area (Å²) in [6.07, 6.45) is 1.95. The average Bonchev–Trinajstić information content (AvgIpc) is 2.29. The van der Waals surface area contributed by atoms with E-state index in [4.69, 9.17) is 33.7 Å². The van der Waals surface area contributed by atoms with Crippen molar-refractivity contribution in [1.29, 1.82) is 0 Å². The summed E-state index contributed by atoms with van der Waals surface area (Å²) in [5.41, 5.74) is 6.37. The number of halogens is 2. The number of benzene rings is 1. The molecule has 0 radical (unpaired) electrons. The fourth-order valence-corrected chi connectivity index (χ4v) is 1.90. The van der Waals surface area contributed by atoms with Crippen LogP contribution >= 0.6 is 23.2 Å². The minimum Gasteiger partial charge on any atom is -0.399 e. The van der Waals surface area contributed by atoms with Gasteiger partial charge in [0.15, 0.2) is 0 Å². The van der Waals surface area contributed by atoms with Crippen molar-refractivity contribution >= 4 is 40.5 Å². The molecule has 0 aliphatic heterocycles. The molecular formula is C12H16Cl2N2O2. The maximum atomic E-state index is 11.6. The Bertz CT molecular complexity index is 402. The lowest BCUT2D eigenvalue weighted by molar-refractivity contribution is -0.120. The van der Waals surface area contributed by atoms with Crippen molar-refractivity contribution in [3.63, 3.8) is 0 Å². The smallest absolute Gasteiger partial charge is 0.250 e. The van der Waals surface area contributed by atoms with E-state index in [1.165, 1.54) is 12.1 Å². The molecule has 1 aromatic rings. The van der Waals surface area contributed by atoms with Gasteiger partial charge < -0.3 is 15.8 Å². The van der Waals surface area contributed by atoms with E-state index >= 15 is 0 Å². The molecule has 1 aromatic carbocycles. The molecule has 3 N–H and O–H groups in total. The van der Waals surface area contributed by atoms with Crippen LogP contribution in [0.1, 0.15) is 19.8 Å². The third-order valence-corrected chi connectivity index (χ3v) is 2.80. The average molecular weight is 291 g/mol. The maximum Gasteiger partial charge on any atom is 0.250 e. The molecular weight excluding hydrogens is 275 g/mol. The monoisotopic (exact) mass is 290 g/mol. The van der Waals surface area contributed by atoms with Gasteiger partial charge in [0, 0.05) is 12.3 Å². The second-order valence-corrected chi connectivity index (χ2v) is 4.63. The highest BCUT2D eigenvalue weighted by Crippen LogP contribution is 2.32. The Labute approximate surface area is 116 Å². The van der Waals surface area contributed by atoms with Crippen LogP contribution < -0.4 is 11.1 Å². The van der Waals surface area contributed by atoms with Gasteiger partial charge in [-0.05, 0) is 18.6 Å². The fraction of sp³-hybridized carbons (Fsp3) is 0.417. The number of amides is 1. The second-order valence-electron chi connectivity index (χ2n) is 3.81. The van der Waals surface area contributed by atoms with Crippen molar-refractivity contribution in [2.45, 2.75) is 19.8 Å². The first-order valence-corrected chi connectivity index (χ1v) is 6.42. The molecule has 0 aliphatic carbocycles. The number of carbonyl (C=O) groups excluding carboxylic acids is 1. The molecule has 0 bridgehead atoms. The number of unbranched alkanes of at least 4 members (excludes halogenated alkanes) is 1. The van der Waals surface area contributed by atoms with Gasteiger partial charge in [-0.15, -0.1) is 0 Å². The van der Waals surface area contributed by atoms with E-state index in [1.54, 1.807) is 0 Å². The Morgan fingerprint density at radius 2 is 2.00 bits per heavy atom. The normalized spacial score (nSPS) is 10.4. The standard InChI is InChI=1S/C12H16Cl2N2O2/c1-2-3-4-18-7-11(17)16-12-9(13)5-8(15)6-10(12)14/h5-6H,2-4,7,15H2,1H3,(H,16,17). The van der Waals surface area contributed by atoms with Crippen LogP contribution in [-0.2, 0) is 9.53 Å². The van der Waals surface area contributed by atoms with Crippen LogP contribution in [0.3, 0.4) is 0 Å². The Hall–Kier alpha value is -0.970. The molecule has 0 fully saturated rings. The van der Waals surface area contributed by atoms with Gasteiger partial charge >= 0.3 is 0 Å². The highest BCUT2D eigenvalue weighted by Gasteiger charge is 2.10. The number of rotatable bonds is 6.